The molecule has 1 fully saturated rings. The molecular weight excluding hydrogens is 383 g/mol. The zero-order chi connectivity index (χ0) is 20.6. The average Bonchev–Trinajstić information content (AvgIpc) is 2.71. The van der Waals surface area contributed by atoms with Crippen molar-refractivity contribution in [3.8, 4) is 0 Å². The van der Waals surface area contributed by atoms with Gasteiger partial charge in [-0.25, -0.2) is 0 Å². The van der Waals surface area contributed by atoms with E-state index in [1.165, 1.54) is 19.1 Å². The Morgan fingerprint density at radius 2 is 1.93 bits per heavy atom. The minimum Gasteiger partial charge on any atom is -0.378 e. The number of hydrogen-bond donors (Lipinski definition) is 1. The molecule has 0 aromatic heterocycles. The third-order valence-electron chi connectivity index (χ3n) is 5.61. The summed E-state index contributed by atoms with van der Waals surface area (Å²) in [5.74, 6) is -0.160. The number of benzene rings is 2. The molecule has 2 heterocycles. The summed E-state index contributed by atoms with van der Waals surface area (Å²) in [5, 5.41) is 3.43. The van der Waals surface area contributed by atoms with Gasteiger partial charge < -0.3 is 19.6 Å². The first kappa shape index (κ1) is 19.8. The SMILES string of the molecule is CC(=[OH+])OC[C@H]1CC[C@@H]2[C@H](O1)c1cc(C(F)(F)F)ccc1N[C@H]2c1ccccc1. The van der Waals surface area contributed by atoms with Crippen LogP contribution in [-0.2, 0) is 15.7 Å². The quantitative estimate of drug-likeness (QED) is 0.560. The van der Waals surface area contributed by atoms with Gasteiger partial charge in [-0.15, -0.1) is 0 Å². The summed E-state index contributed by atoms with van der Waals surface area (Å²) in [6.45, 7) is 1.61. The van der Waals surface area contributed by atoms with E-state index < -0.39 is 17.8 Å². The Kier molecular flexibility index (Phi) is 5.25. The maximum atomic E-state index is 13.3. The summed E-state index contributed by atoms with van der Waals surface area (Å²) in [5.41, 5.74) is 1.56. The number of rotatable bonds is 3. The molecule has 154 valence electrons. The lowest BCUT2D eigenvalue weighted by atomic mass is 9.76. The van der Waals surface area contributed by atoms with Gasteiger partial charge in [-0.3, -0.25) is 0 Å². The first-order chi connectivity index (χ1) is 13.8. The van der Waals surface area contributed by atoms with Gasteiger partial charge in [-0.1, -0.05) is 30.3 Å². The molecule has 4 atom stereocenters. The van der Waals surface area contributed by atoms with Crippen LogP contribution in [0.2, 0.25) is 0 Å². The van der Waals surface area contributed by atoms with Crippen LogP contribution in [0.5, 0.6) is 0 Å². The monoisotopic (exact) mass is 406 g/mol. The number of nitrogens with one attached hydrogen (secondary N) is 1. The lowest BCUT2D eigenvalue weighted by molar-refractivity contribution is -0.138. The molecule has 0 saturated carbocycles. The number of carbonyl (C=O) groups excluding carboxylic acids is 1. The normalized spacial score (nSPS) is 26.1. The van der Waals surface area contributed by atoms with Crippen LogP contribution in [0.25, 0.3) is 0 Å². The molecule has 0 aliphatic carbocycles. The lowest BCUT2D eigenvalue weighted by Crippen LogP contribution is -2.40. The molecular formula is C22H23F3NO3+. The summed E-state index contributed by atoms with van der Waals surface area (Å²) in [6.07, 6.45) is -3.73. The molecule has 0 unspecified atom stereocenters. The van der Waals surface area contributed by atoms with Crippen LogP contribution in [-0.4, -0.2) is 23.5 Å². The summed E-state index contributed by atoms with van der Waals surface area (Å²) in [6, 6.07) is 13.6. The van der Waals surface area contributed by atoms with Gasteiger partial charge in [0.15, 0.2) is 0 Å². The van der Waals surface area contributed by atoms with E-state index in [2.05, 4.69) is 5.32 Å². The smallest absolute Gasteiger partial charge is 0.378 e. The molecule has 0 amide bonds. The number of alkyl halides is 3. The Morgan fingerprint density at radius 3 is 2.62 bits per heavy atom. The van der Waals surface area contributed by atoms with Crippen molar-refractivity contribution in [1.29, 1.82) is 0 Å². The molecule has 2 N–H and O–H groups in total. The summed E-state index contributed by atoms with van der Waals surface area (Å²) in [4.78, 5) is 9.29. The fourth-order valence-electron chi connectivity index (χ4n) is 4.26. The van der Waals surface area contributed by atoms with Crippen molar-refractivity contribution in [1.82, 2.24) is 0 Å². The van der Waals surface area contributed by atoms with Crippen molar-refractivity contribution in [3.05, 3.63) is 65.2 Å². The summed E-state index contributed by atoms with van der Waals surface area (Å²) in [7, 11) is 0. The van der Waals surface area contributed by atoms with Gasteiger partial charge in [0.2, 0.25) is 6.61 Å². The standard InChI is InChI=1S/C22H22F3NO3/c1-13(27)28-12-16-8-9-17-20(14-5-3-2-4-6-14)26-19-10-7-15(22(23,24)25)11-18(19)21(17)29-16/h2-7,10-11,16-17,20-21,26H,8-9,12H2,1H3/p+1/t16-,17+,20+,21+/m1/s1. The second-order valence-corrected chi connectivity index (χ2v) is 7.58. The number of anilines is 1. The van der Waals surface area contributed by atoms with Crippen LogP contribution in [0.3, 0.4) is 0 Å². The summed E-state index contributed by atoms with van der Waals surface area (Å²) < 4.78 is 51.3. The first-order valence-electron chi connectivity index (χ1n) is 9.66. The fraction of sp³-hybridized carbons (Fsp3) is 0.409. The third-order valence-corrected chi connectivity index (χ3v) is 5.61. The van der Waals surface area contributed by atoms with Crippen molar-refractivity contribution in [2.24, 2.45) is 5.92 Å². The van der Waals surface area contributed by atoms with Gasteiger partial charge in [0.05, 0.1) is 24.6 Å². The zero-order valence-electron chi connectivity index (χ0n) is 15.9. The molecule has 1 saturated heterocycles. The topological polar surface area (TPSA) is 51.9 Å². The molecule has 0 bridgehead atoms. The van der Waals surface area contributed by atoms with Crippen molar-refractivity contribution >= 4 is 11.7 Å². The van der Waals surface area contributed by atoms with Gasteiger partial charge in [0, 0.05) is 17.2 Å². The van der Waals surface area contributed by atoms with Crippen LogP contribution in [0, 0.1) is 5.92 Å². The van der Waals surface area contributed by atoms with Gasteiger partial charge in [0.1, 0.15) is 6.10 Å². The van der Waals surface area contributed by atoms with E-state index in [0.717, 1.165) is 18.1 Å². The number of halogens is 3. The second kappa shape index (κ2) is 7.71. The maximum Gasteiger partial charge on any atom is 0.479 e. The van der Waals surface area contributed by atoms with Crippen LogP contribution in [0.15, 0.2) is 48.5 Å². The predicted octanol–water partition coefficient (Wildman–Crippen LogP) is 5.25. The number of fused-ring (bicyclic) bond motifs is 3. The predicted molar refractivity (Wildman–Crippen MR) is 103 cm³/mol. The Morgan fingerprint density at radius 1 is 1.17 bits per heavy atom. The third kappa shape index (κ3) is 4.10. The number of ether oxygens (including phenoxy) is 2. The van der Waals surface area contributed by atoms with Crippen LogP contribution >= 0.6 is 0 Å². The molecule has 4 rings (SSSR count). The minimum atomic E-state index is -4.42. The largest absolute Gasteiger partial charge is 0.479 e. The van der Waals surface area contributed by atoms with Crippen LogP contribution in [0.1, 0.15) is 48.6 Å². The molecule has 0 radical (unpaired) electrons. The van der Waals surface area contributed by atoms with E-state index >= 15 is 0 Å². The van der Waals surface area contributed by atoms with Gasteiger partial charge in [-0.2, -0.15) is 13.2 Å². The Hall–Kier alpha value is -2.54. The molecule has 2 aromatic carbocycles. The Balaban J connectivity index is 1.70. The highest BCUT2D eigenvalue weighted by Gasteiger charge is 2.44. The zero-order valence-corrected chi connectivity index (χ0v) is 15.9. The van der Waals surface area contributed by atoms with Crippen molar-refractivity contribution in [3.63, 3.8) is 0 Å². The lowest BCUT2D eigenvalue weighted by Gasteiger charge is -2.45. The highest BCUT2D eigenvalue weighted by atomic mass is 19.4. The van der Waals surface area contributed by atoms with Gasteiger partial charge in [-0.05, 0) is 36.6 Å². The molecule has 7 heteroatoms. The van der Waals surface area contributed by atoms with E-state index in [-0.39, 0.29) is 30.6 Å². The van der Waals surface area contributed by atoms with E-state index in [1.54, 1.807) is 0 Å². The first-order valence-corrected chi connectivity index (χ1v) is 9.66. The highest BCUT2D eigenvalue weighted by molar-refractivity contribution is 5.67. The van der Waals surface area contributed by atoms with E-state index in [4.69, 9.17) is 9.47 Å². The fourth-order valence-corrected chi connectivity index (χ4v) is 4.26. The minimum absolute atomic E-state index is 0.0103. The molecule has 2 aliphatic heterocycles. The van der Waals surface area contributed by atoms with Crippen LogP contribution in [0.4, 0.5) is 18.9 Å². The molecule has 0 spiro atoms. The number of hydrogen-bond acceptors (Lipinski definition) is 3. The van der Waals surface area contributed by atoms with E-state index in [9.17, 15) is 18.0 Å². The van der Waals surface area contributed by atoms with Crippen molar-refractivity contribution < 1.29 is 27.4 Å². The molecule has 2 aromatic rings. The van der Waals surface area contributed by atoms with Crippen molar-refractivity contribution in [2.75, 3.05) is 11.9 Å². The van der Waals surface area contributed by atoms with E-state index in [0.29, 0.717) is 17.7 Å². The van der Waals surface area contributed by atoms with Crippen molar-refractivity contribution in [2.45, 2.75) is 44.2 Å². The second-order valence-electron chi connectivity index (χ2n) is 7.58. The maximum absolute atomic E-state index is 13.3. The van der Waals surface area contributed by atoms with Gasteiger partial charge >= 0.3 is 12.1 Å². The average molecular weight is 406 g/mol. The molecule has 4 nitrogen and oxygen atoms in total. The van der Waals surface area contributed by atoms with Gasteiger partial charge in [0.25, 0.3) is 0 Å². The van der Waals surface area contributed by atoms with Crippen LogP contribution < -0.4 is 5.32 Å². The van der Waals surface area contributed by atoms with E-state index in [1.807, 2.05) is 30.3 Å². The number of esters is 1. The molecule has 29 heavy (non-hydrogen) atoms. The Labute approximate surface area is 167 Å². The molecule has 2 aliphatic rings. The highest BCUT2D eigenvalue weighted by Crippen LogP contribution is 2.51. The summed E-state index contributed by atoms with van der Waals surface area (Å²) >= 11 is 0. The Bertz CT molecular complexity index is 885.